The number of ether oxygens (including phenoxy) is 1. The lowest BCUT2D eigenvalue weighted by Crippen LogP contribution is -2.29. The Morgan fingerprint density at radius 1 is 0.895 bits per heavy atom. The molecule has 0 saturated heterocycles. The van der Waals surface area contributed by atoms with E-state index in [0.717, 1.165) is 11.5 Å². The van der Waals surface area contributed by atoms with Crippen LogP contribution in [-0.4, -0.2) is 25.0 Å². The van der Waals surface area contributed by atoms with E-state index >= 15 is 0 Å². The number of pyridine rings is 3. The molecule has 0 aliphatic rings. The van der Waals surface area contributed by atoms with Gasteiger partial charge in [-0.3, -0.25) is 14.2 Å². The third-order valence-corrected chi connectivity index (χ3v) is 6.16. The van der Waals surface area contributed by atoms with E-state index in [1.807, 2.05) is 29.9 Å². The van der Waals surface area contributed by atoms with Gasteiger partial charge in [-0.1, -0.05) is 18.2 Å². The lowest BCUT2D eigenvalue weighted by Gasteiger charge is -2.13. The average molecular weight is 506 g/mol. The molecule has 0 aliphatic heterocycles. The number of fused-ring (bicyclic) bond motifs is 2. The largest absolute Gasteiger partial charge is 0.453 e. The van der Waals surface area contributed by atoms with Gasteiger partial charge in [0.25, 0.3) is 11.5 Å². The summed E-state index contributed by atoms with van der Waals surface area (Å²) < 4.78 is 24.0. The Kier molecular flexibility index (Phi) is 5.65. The second-order valence-electron chi connectivity index (χ2n) is 8.62. The molecule has 0 aliphatic carbocycles. The zero-order valence-electron chi connectivity index (χ0n) is 20.1. The fourth-order valence-electron chi connectivity index (χ4n) is 4.33. The van der Waals surface area contributed by atoms with E-state index in [1.165, 1.54) is 22.8 Å². The average Bonchev–Trinajstić information content (AvgIpc) is 3.32. The second kappa shape index (κ2) is 9.29. The molecule has 4 heterocycles. The highest BCUT2D eigenvalue weighted by molar-refractivity contribution is 6.05. The predicted molar refractivity (Wildman–Crippen MR) is 142 cm³/mol. The third kappa shape index (κ3) is 4.05. The first kappa shape index (κ1) is 23.1. The van der Waals surface area contributed by atoms with Crippen LogP contribution in [0.25, 0.3) is 27.8 Å². The molecule has 8 nitrogen and oxygen atoms in total. The topological polar surface area (TPSA) is 91.0 Å². The molecule has 0 saturated carbocycles. The number of para-hydroxylation sites is 1. The van der Waals surface area contributed by atoms with Gasteiger partial charge in [0.1, 0.15) is 22.6 Å². The number of amides is 1. The summed E-state index contributed by atoms with van der Waals surface area (Å²) in [5, 5.41) is 3.98. The van der Waals surface area contributed by atoms with E-state index in [9.17, 15) is 14.0 Å². The molecule has 4 aromatic heterocycles. The van der Waals surface area contributed by atoms with E-state index < -0.39 is 17.3 Å². The number of nitrogens with one attached hydrogen (secondary N) is 1. The van der Waals surface area contributed by atoms with Crippen molar-refractivity contribution in [2.75, 3.05) is 5.32 Å². The number of benzene rings is 2. The molecule has 9 heteroatoms. The molecule has 0 spiro atoms. The maximum atomic E-state index is 15.0. The molecule has 6 rings (SSSR count). The summed E-state index contributed by atoms with van der Waals surface area (Å²) in [6.45, 7) is 0. The van der Waals surface area contributed by atoms with Gasteiger partial charge >= 0.3 is 0 Å². The maximum Gasteiger partial charge on any atom is 0.269 e. The summed E-state index contributed by atoms with van der Waals surface area (Å²) in [7, 11) is 1.86. The number of carbonyl (C=O) groups excluding carboxylic acids is 1. The summed E-state index contributed by atoms with van der Waals surface area (Å²) >= 11 is 0. The quantitative estimate of drug-likeness (QED) is 0.336. The Labute approximate surface area is 215 Å². The first-order chi connectivity index (χ1) is 18.5. The molecule has 186 valence electrons. The molecular formula is C29H20FN5O3. The van der Waals surface area contributed by atoms with E-state index in [0.29, 0.717) is 28.1 Å². The third-order valence-electron chi connectivity index (χ3n) is 6.16. The normalized spacial score (nSPS) is 11.1. The Morgan fingerprint density at radius 3 is 2.53 bits per heavy atom. The highest BCUT2D eigenvalue weighted by Gasteiger charge is 2.18. The van der Waals surface area contributed by atoms with Gasteiger partial charge in [-0.25, -0.2) is 14.4 Å². The van der Waals surface area contributed by atoms with Gasteiger partial charge in [0.15, 0.2) is 11.6 Å². The van der Waals surface area contributed by atoms with Crippen molar-refractivity contribution in [1.29, 1.82) is 0 Å². The molecule has 0 fully saturated rings. The fraction of sp³-hybridized carbons (Fsp3) is 0.0345. The van der Waals surface area contributed by atoms with E-state index in [4.69, 9.17) is 4.74 Å². The van der Waals surface area contributed by atoms with Crippen molar-refractivity contribution in [2.24, 2.45) is 7.05 Å². The summed E-state index contributed by atoms with van der Waals surface area (Å²) in [5.41, 5.74) is 1.25. The van der Waals surface area contributed by atoms with Crippen molar-refractivity contribution in [3.05, 3.63) is 119 Å². The highest BCUT2D eigenvalue weighted by atomic mass is 19.1. The fourth-order valence-corrected chi connectivity index (χ4v) is 4.33. The van der Waals surface area contributed by atoms with Crippen LogP contribution < -0.4 is 15.6 Å². The number of hydrogen-bond acceptors (Lipinski definition) is 5. The smallest absolute Gasteiger partial charge is 0.269 e. The Morgan fingerprint density at radius 2 is 1.71 bits per heavy atom. The van der Waals surface area contributed by atoms with Gasteiger partial charge in [-0.15, -0.1) is 0 Å². The molecular weight excluding hydrogens is 485 g/mol. The standard InChI is InChI=1S/C29H20FN5O3/c1-34-15-12-21-24(11-14-32-27(21)34)38-25-10-9-19(17-23(25)30)33-28(36)22-16-18-6-5-13-31-26(18)35(29(22)37)20-7-3-2-4-8-20/h2-17H,1H3,(H,33,36). The van der Waals surface area contributed by atoms with Gasteiger partial charge in [-0.2, -0.15) is 0 Å². The van der Waals surface area contributed by atoms with Crippen molar-refractivity contribution >= 4 is 33.7 Å². The molecule has 0 atom stereocenters. The summed E-state index contributed by atoms with van der Waals surface area (Å²) in [6, 6.07) is 21.5. The number of halogens is 1. The minimum atomic E-state index is -0.673. The monoisotopic (exact) mass is 505 g/mol. The molecule has 38 heavy (non-hydrogen) atoms. The van der Waals surface area contributed by atoms with Crippen molar-refractivity contribution < 1.29 is 13.9 Å². The van der Waals surface area contributed by atoms with E-state index in [1.54, 1.807) is 54.9 Å². The van der Waals surface area contributed by atoms with Crippen LogP contribution >= 0.6 is 0 Å². The molecule has 0 radical (unpaired) electrons. The van der Waals surface area contributed by atoms with Crippen LogP contribution in [-0.2, 0) is 7.05 Å². The van der Waals surface area contributed by atoms with Crippen LogP contribution in [0.15, 0.2) is 102 Å². The molecule has 6 aromatic rings. The lowest BCUT2D eigenvalue weighted by molar-refractivity contribution is 0.102. The number of nitrogens with zero attached hydrogens (tertiary/aromatic N) is 4. The first-order valence-electron chi connectivity index (χ1n) is 11.7. The van der Waals surface area contributed by atoms with E-state index in [-0.39, 0.29) is 17.0 Å². The van der Waals surface area contributed by atoms with Crippen LogP contribution in [0.3, 0.4) is 0 Å². The second-order valence-corrected chi connectivity index (χ2v) is 8.62. The Hall–Kier alpha value is -5.31. The van der Waals surface area contributed by atoms with Crippen LogP contribution in [0.1, 0.15) is 10.4 Å². The zero-order chi connectivity index (χ0) is 26.2. The number of anilines is 1. The van der Waals surface area contributed by atoms with Gasteiger partial charge in [0.2, 0.25) is 0 Å². The van der Waals surface area contributed by atoms with Gasteiger partial charge < -0.3 is 14.6 Å². The van der Waals surface area contributed by atoms with Crippen molar-refractivity contribution in [3.8, 4) is 17.2 Å². The van der Waals surface area contributed by atoms with Crippen LogP contribution in [0.4, 0.5) is 10.1 Å². The number of aryl methyl sites for hydroxylation is 1. The number of hydrogen-bond donors (Lipinski definition) is 1. The van der Waals surface area contributed by atoms with Crippen molar-refractivity contribution in [1.82, 2.24) is 19.1 Å². The van der Waals surface area contributed by atoms with E-state index in [2.05, 4.69) is 15.3 Å². The van der Waals surface area contributed by atoms with Crippen LogP contribution in [0.5, 0.6) is 11.5 Å². The summed E-state index contributed by atoms with van der Waals surface area (Å²) in [4.78, 5) is 35.2. The summed E-state index contributed by atoms with van der Waals surface area (Å²) in [5.74, 6) is -0.896. The SMILES string of the molecule is Cn1ccc2c(Oc3ccc(NC(=O)c4cc5cccnc5n(-c5ccccc5)c4=O)cc3F)ccnc21. The predicted octanol–water partition coefficient (Wildman–Crippen LogP) is 5.46. The van der Waals surface area contributed by atoms with Gasteiger partial charge in [0, 0.05) is 42.8 Å². The Bertz CT molecular complexity index is 1900. The maximum absolute atomic E-state index is 15.0. The minimum absolute atomic E-state index is 0.0115. The molecule has 2 aromatic carbocycles. The molecule has 0 bridgehead atoms. The van der Waals surface area contributed by atoms with Gasteiger partial charge in [-0.05, 0) is 54.6 Å². The Balaban J connectivity index is 1.31. The molecule has 0 unspecified atom stereocenters. The number of aromatic nitrogens is 4. The lowest BCUT2D eigenvalue weighted by atomic mass is 10.1. The number of carbonyl (C=O) groups is 1. The van der Waals surface area contributed by atoms with Crippen molar-refractivity contribution in [2.45, 2.75) is 0 Å². The van der Waals surface area contributed by atoms with Crippen LogP contribution in [0.2, 0.25) is 0 Å². The summed E-state index contributed by atoms with van der Waals surface area (Å²) in [6.07, 6.45) is 5.02. The number of rotatable bonds is 5. The molecule has 1 N–H and O–H groups in total. The van der Waals surface area contributed by atoms with Crippen molar-refractivity contribution in [3.63, 3.8) is 0 Å². The molecule has 1 amide bonds. The minimum Gasteiger partial charge on any atom is -0.453 e. The van der Waals surface area contributed by atoms with Gasteiger partial charge in [0.05, 0.1) is 11.1 Å². The first-order valence-corrected chi connectivity index (χ1v) is 11.7. The highest BCUT2D eigenvalue weighted by Crippen LogP contribution is 2.31. The zero-order valence-corrected chi connectivity index (χ0v) is 20.1. The van der Waals surface area contributed by atoms with Crippen LogP contribution in [0, 0.1) is 5.82 Å².